The Kier molecular flexibility index (Phi) is 4.28. The maximum absolute atomic E-state index is 4.64. The SMILES string of the molecule is CCn1c(SCc2cn3ccccc3n2)nnc1-c1cccc(C)c1. The van der Waals surface area contributed by atoms with Crippen LogP contribution in [0.4, 0.5) is 0 Å². The lowest BCUT2D eigenvalue weighted by atomic mass is 10.1. The third-order valence-corrected chi connectivity index (χ3v) is 5.07. The van der Waals surface area contributed by atoms with Gasteiger partial charge >= 0.3 is 0 Å². The van der Waals surface area contributed by atoms with Gasteiger partial charge in [0.25, 0.3) is 0 Å². The van der Waals surface area contributed by atoms with Gasteiger partial charge in [-0.25, -0.2) is 4.98 Å². The number of aromatic nitrogens is 5. The van der Waals surface area contributed by atoms with Crippen molar-refractivity contribution in [2.75, 3.05) is 0 Å². The Morgan fingerprint density at radius 1 is 1.08 bits per heavy atom. The van der Waals surface area contributed by atoms with Gasteiger partial charge in [0.2, 0.25) is 0 Å². The van der Waals surface area contributed by atoms with Crippen LogP contribution in [0.5, 0.6) is 0 Å². The average molecular weight is 349 g/mol. The molecule has 0 aliphatic carbocycles. The van der Waals surface area contributed by atoms with Crippen molar-refractivity contribution in [2.24, 2.45) is 0 Å². The maximum atomic E-state index is 4.64. The van der Waals surface area contributed by atoms with Crippen LogP contribution in [0, 0.1) is 6.92 Å². The number of rotatable bonds is 5. The molecule has 0 aliphatic rings. The Labute approximate surface area is 150 Å². The lowest BCUT2D eigenvalue weighted by molar-refractivity contribution is 0.687. The van der Waals surface area contributed by atoms with Crippen molar-refractivity contribution in [3.63, 3.8) is 0 Å². The van der Waals surface area contributed by atoms with Crippen molar-refractivity contribution in [3.8, 4) is 11.4 Å². The minimum atomic E-state index is 0.771. The van der Waals surface area contributed by atoms with Gasteiger partial charge in [0, 0.05) is 30.3 Å². The van der Waals surface area contributed by atoms with Crippen LogP contribution in [0.15, 0.2) is 60.0 Å². The number of nitrogens with zero attached hydrogens (tertiary/aromatic N) is 5. The summed E-state index contributed by atoms with van der Waals surface area (Å²) in [6, 6.07) is 14.4. The molecule has 0 spiro atoms. The monoisotopic (exact) mass is 349 g/mol. The fourth-order valence-electron chi connectivity index (χ4n) is 2.87. The van der Waals surface area contributed by atoms with Gasteiger partial charge in [-0.3, -0.25) is 0 Å². The molecule has 0 radical (unpaired) electrons. The predicted octanol–water partition coefficient (Wildman–Crippen LogP) is 4.21. The normalized spacial score (nSPS) is 11.3. The van der Waals surface area contributed by atoms with E-state index >= 15 is 0 Å². The first-order valence-electron chi connectivity index (χ1n) is 8.30. The van der Waals surface area contributed by atoms with Crippen LogP contribution in [0.25, 0.3) is 17.0 Å². The van der Waals surface area contributed by atoms with E-state index in [2.05, 4.69) is 64.1 Å². The summed E-state index contributed by atoms with van der Waals surface area (Å²) in [5.41, 5.74) is 4.34. The number of hydrogen-bond acceptors (Lipinski definition) is 4. The molecule has 4 rings (SSSR count). The maximum Gasteiger partial charge on any atom is 0.191 e. The highest BCUT2D eigenvalue weighted by Crippen LogP contribution is 2.26. The van der Waals surface area contributed by atoms with E-state index in [1.807, 2.05) is 28.8 Å². The topological polar surface area (TPSA) is 48.0 Å². The van der Waals surface area contributed by atoms with Crippen LogP contribution in [-0.2, 0) is 12.3 Å². The Balaban J connectivity index is 1.58. The molecule has 3 heterocycles. The number of benzene rings is 1. The van der Waals surface area contributed by atoms with Gasteiger partial charge in [-0.05, 0) is 32.0 Å². The molecule has 0 fully saturated rings. The molecule has 0 saturated heterocycles. The van der Waals surface area contributed by atoms with Crippen molar-refractivity contribution in [1.82, 2.24) is 24.1 Å². The smallest absolute Gasteiger partial charge is 0.191 e. The van der Waals surface area contributed by atoms with E-state index in [-0.39, 0.29) is 0 Å². The molecule has 25 heavy (non-hydrogen) atoms. The molecule has 1 aromatic carbocycles. The number of imidazole rings is 1. The second-order valence-electron chi connectivity index (χ2n) is 5.91. The van der Waals surface area contributed by atoms with Crippen LogP contribution in [-0.4, -0.2) is 24.1 Å². The van der Waals surface area contributed by atoms with E-state index in [0.717, 1.165) is 40.2 Å². The number of hydrogen-bond donors (Lipinski definition) is 0. The molecule has 5 nitrogen and oxygen atoms in total. The van der Waals surface area contributed by atoms with E-state index in [1.165, 1.54) is 5.56 Å². The van der Waals surface area contributed by atoms with Gasteiger partial charge in [0.05, 0.1) is 5.69 Å². The van der Waals surface area contributed by atoms with Crippen LogP contribution < -0.4 is 0 Å². The third-order valence-electron chi connectivity index (χ3n) is 4.07. The molecule has 0 unspecified atom stereocenters. The highest BCUT2D eigenvalue weighted by Gasteiger charge is 2.14. The van der Waals surface area contributed by atoms with E-state index in [4.69, 9.17) is 0 Å². The summed E-state index contributed by atoms with van der Waals surface area (Å²) in [5.74, 6) is 1.69. The average Bonchev–Trinajstić information content (AvgIpc) is 3.23. The van der Waals surface area contributed by atoms with Crippen molar-refractivity contribution < 1.29 is 0 Å². The first-order valence-corrected chi connectivity index (χ1v) is 9.29. The predicted molar refractivity (Wildman–Crippen MR) is 101 cm³/mol. The molecule has 0 bridgehead atoms. The summed E-state index contributed by atoms with van der Waals surface area (Å²) in [6.07, 6.45) is 4.08. The van der Waals surface area contributed by atoms with E-state index in [0.29, 0.717) is 0 Å². The molecule has 6 heteroatoms. The summed E-state index contributed by atoms with van der Waals surface area (Å²) >= 11 is 1.67. The molecule has 0 amide bonds. The highest BCUT2D eigenvalue weighted by atomic mass is 32.2. The zero-order valence-corrected chi connectivity index (χ0v) is 15.1. The summed E-state index contributed by atoms with van der Waals surface area (Å²) in [6.45, 7) is 5.05. The minimum Gasteiger partial charge on any atom is -0.307 e. The molecule has 0 saturated carbocycles. The first-order chi connectivity index (χ1) is 12.2. The Morgan fingerprint density at radius 3 is 2.80 bits per heavy atom. The van der Waals surface area contributed by atoms with E-state index in [9.17, 15) is 0 Å². The molecule has 0 atom stereocenters. The fourth-order valence-corrected chi connectivity index (χ4v) is 3.76. The Morgan fingerprint density at radius 2 is 2.00 bits per heavy atom. The van der Waals surface area contributed by atoms with Gasteiger partial charge in [-0.15, -0.1) is 10.2 Å². The van der Waals surface area contributed by atoms with Crippen molar-refractivity contribution in [2.45, 2.75) is 31.3 Å². The Hall–Kier alpha value is -2.60. The van der Waals surface area contributed by atoms with Crippen LogP contribution in [0.1, 0.15) is 18.2 Å². The lowest BCUT2D eigenvalue weighted by Crippen LogP contribution is -2.00. The summed E-state index contributed by atoms with van der Waals surface area (Å²) < 4.78 is 4.20. The quantitative estimate of drug-likeness (QED) is 0.506. The summed E-state index contributed by atoms with van der Waals surface area (Å²) in [5, 5.41) is 9.75. The van der Waals surface area contributed by atoms with Gasteiger partial charge in [0.15, 0.2) is 11.0 Å². The van der Waals surface area contributed by atoms with Gasteiger partial charge in [0.1, 0.15) is 5.65 Å². The zero-order valence-electron chi connectivity index (χ0n) is 14.3. The van der Waals surface area contributed by atoms with Gasteiger partial charge in [-0.1, -0.05) is 41.6 Å². The van der Waals surface area contributed by atoms with Crippen molar-refractivity contribution in [1.29, 1.82) is 0 Å². The highest BCUT2D eigenvalue weighted by molar-refractivity contribution is 7.98. The molecule has 0 aliphatic heterocycles. The molecular formula is C19H19N5S. The van der Waals surface area contributed by atoms with Crippen LogP contribution >= 0.6 is 11.8 Å². The number of aryl methyl sites for hydroxylation is 1. The second kappa shape index (κ2) is 6.72. The van der Waals surface area contributed by atoms with E-state index < -0.39 is 0 Å². The number of fused-ring (bicyclic) bond motifs is 1. The molecule has 126 valence electrons. The summed E-state index contributed by atoms with van der Waals surface area (Å²) in [7, 11) is 0. The number of thioether (sulfide) groups is 1. The summed E-state index contributed by atoms with van der Waals surface area (Å²) in [4.78, 5) is 4.64. The molecule has 4 aromatic rings. The van der Waals surface area contributed by atoms with Gasteiger partial charge < -0.3 is 8.97 Å². The first kappa shape index (κ1) is 15.9. The van der Waals surface area contributed by atoms with Crippen LogP contribution in [0.3, 0.4) is 0 Å². The zero-order chi connectivity index (χ0) is 17.2. The Bertz CT molecular complexity index is 985. The minimum absolute atomic E-state index is 0.771. The molecule has 0 N–H and O–H groups in total. The van der Waals surface area contributed by atoms with Crippen LogP contribution in [0.2, 0.25) is 0 Å². The standard InChI is InChI=1S/C19H19N5S/c1-3-24-18(15-8-6-7-14(2)11-15)21-22-19(24)25-13-16-12-23-10-5-4-9-17(23)20-16/h4-12H,3,13H2,1-2H3. The lowest BCUT2D eigenvalue weighted by Gasteiger charge is -2.07. The van der Waals surface area contributed by atoms with E-state index in [1.54, 1.807) is 11.8 Å². The molecular weight excluding hydrogens is 330 g/mol. The van der Waals surface area contributed by atoms with Crippen molar-refractivity contribution >= 4 is 17.4 Å². The fraction of sp³-hybridized carbons (Fsp3) is 0.211. The number of pyridine rings is 1. The second-order valence-corrected chi connectivity index (χ2v) is 6.85. The van der Waals surface area contributed by atoms with Gasteiger partial charge in [-0.2, -0.15) is 0 Å². The largest absolute Gasteiger partial charge is 0.307 e. The molecule has 3 aromatic heterocycles. The third kappa shape index (κ3) is 3.17. The van der Waals surface area contributed by atoms with Crippen molar-refractivity contribution in [3.05, 3.63) is 66.1 Å².